The molecule has 1 amide bonds. The van der Waals surface area contributed by atoms with Gasteiger partial charge < -0.3 is 4.74 Å². The van der Waals surface area contributed by atoms with Crippen LogP contribution in [0.25, 0.3) is 0 Å². The maximum Gasteiger partial charge on any atom is 0.330 e. The molecule has 2 aromatic carbocycles. The van der Waals surface area contributed by atoms with Gasteiger partial charge >= 0.3 is 5.97 Å². The van der Waals surface area contributed by atoms with Gasteiger partial charge in [0.05, 0.1) is 18.0 Å². The Morgan fingerprint density at radius 3 is 2.50 bits per heavy atom. The van der Waals surface area contributed by atoms with Crippen molar-refractivity contribution in [3.63, 3.8) is 0 Å². The molecule has 0 fully saturated rings. The van der Waals surface area contributed by atoms with Gasteiger partial charge in [-0.3, -0.25) is 4.79 Å². The highest BCUT2D eigenvalue weighted by Gasteiger charge is 2.38. The van der Waals surface area contributed by atoms with Crippen LogP contribution >= 0.6 is 11.8 Å². The maximum absolute atomic E-state index is 13.4. The van der Waals surface area contributed by atoms with Crippen LogP contribution in [0, 0.1) is 6.92 Å². The van der Waals surface area contributed by atoms with Crippen molar-refractivity contribution in [1.29, 1.82) is 0 Å². The second-order valence-corrected chi connectivity index (χ2v) is 11.1. The van der Waals surface area contributed by atoms with Crippen molar-refractivity contribution in [2.75, 3.05) is 7.11 Å². The highest BCUT2D eigenvalue weighted by molar-refractivity contribution is 8.03. The average Bonchev–Trinajstić information content (AvgIpc) is 2.81. The lowest BCUT2D eigenvalue weighted by Crippen LogP contribution is -2.46. The van der Waals surface area contributed by atoms with Crippen LogP contribution in [-0.4, -0.2) is 37.8 Å². The first-order valence-corrected chi connectivity index (χ1v) is 13.4. The van der Waals surface area contributed by atoms with Crippen molar-refractivity contribution in [2.45, 2.75) is 54.9 Å². The van der Waals surface area contributed by atoms with Gasteiger partial charge in [-0.1, -0.05) is 60.2 Å². The molecule has 0 radical (unpaired) electrons. The van der Waals surface area contributed by atoms with E-state index in [9.17, 15) is 18.0 Å². The Bertz CT molecular complexity index is 1160. The summed E-state index contributed by atoms with van der Waals surface area (Å²) in [6.45, 7) is 1.88. The zero-order chi connectivity index (χ0) is 24.6. The van der Waals surface area contributed by atoms with Gasteiger partial charge in [-0.25, -0.2) is 17.5 Å². The number of unbranched alkanes of at least 4 members (excludes halogenated alkanes) is 2. The number of sulfonamides is 1. The highest BCUT2D eigenvalue weighted by Crippen LogP contribution is 2.37. The quantitative estimate of drug-likeness (QED) is 0.252. The summed E-state index contributed by atoms with van der Waals surface area (Å²) in [5, 5.41) is 0. The molecule has 8 heteroatoms. The molecule has 180 valence electrons. The maximum atomic E-state index is 13.4. The normalized spacial score (nSPS) is 16.5. The van der Waals surface area contributed by atoms with E-state index in [-0.39, 0.29) is 4.90 Å². The third kappa shape index (κ3) is 6.84. The summed E-state index contributed by atoms with van der Waals surface area (Å²) in [5.74, 6) is -0.915. The lowest BCUT2D eigenvalue weighted by Gasteiger charge is -2.34. The second-order valence-electron chi connectivity index (χ2n) is 8.05. The summed E-state index contributed by atoms with van der Waals surface area (Å²) in [4.78, 5) is 26.3. The molecule has 2 aromatic rings. The molecule has 1 heterocycles. The first-order valence-electron chi connectivity index (χ1n) is 11.1. The minimum Gasteiger partial charge on any atom is -0.466 e. The van der Waals surface area contributed by atoms with Crippen molar-refractivity contribution >= 4 is 33.7 Å². The van der Waals surface area contributed by atoms with Crippen molar-refractivity contribution < 1.29 is 22.7 Å². The summed E-state index contributed by atoms with van der Waals surface area (Å²) >= 11 is 1.49. The number of rotatable bonds is 10. The minimum absolute atomic E-state index is 0.116. The molecule has 0 bridgehead atoms. The van der Waals surface area contributed by atoms with Crippen molar-refractivity contribution in [3.8, 4) is 0 Å². The predicted octanol–water partition coefficient (Wildman–Crippen LogP) is 5.25. The van der Waals surface area contributed by atoms with E-state index in [1.165, 1.54) is 31.0 Å². The minimum atomic E-state index is -3.98. The van der Waals surface area contributed by atoms with Crippen LogP contribution in [0.2, 0.25) is 0 Å². The van der Waals surface area contributed by atoms with Gasteiger partial charge in [0.15, 0.2) is 0 Å². The smallest absolute Gasteiger partial charge is 0.330 e. The first kappa shape index (κ1) is 25.8. The number of amides is 1. The highest BCUT2D eigenvalue weighted by atomic mass is 32.2. The topological polar surface area (TPSA) is 80.8 Å². The zero-order valence-electron chi connectivity index (χ0n) is 19.3. The van der Waals surface area contributed by atoms with Crippen LogP contribution < -0.4 is 0 Å². The molecule has 1 atom stereocenters. The van der Waals surface area contributed by atoms with Crippen LogP contribution in [0.15, 0.2) is 87.5 Å². The standard InChI is InChI=1S/C26H29NO5S2/c1-20-14-16-24(17-15-20)34(30,31)27-21(10-6-3-4-9-13-26(29)32-2)18-23(19-25(27)28)33-22-11-7-5-8-12-22/h5,7-9,11-17,19,21H,3-4,6,10,18H2,1-2H3/b13-9+. The number of esters is 1. The lowest BCUT2D eigenvalue weighted by atomic mass is 10.0. The van der Waals surface area contributed by atoms with E-state index in [0.29, 0.717) is 25.7 Å². The average molecular weight is 500 g/mol. The van der Waals surface area contributed by atoms with Crippen LogP contribution in [0.5, 0.6) is 0 Å². The number of benzene rings is 2. The van der Waals surface area contributed by atoms with E-state index in [2.05, 4.69) is 4.74 Å². The van der Waals surface area contributed by atoms with E-state index in [0.717, 1.165) is 26.1 Å². The van der Waals surface area contributed by atoms with E-state index >= 15 is 0 Å². The Labute approximate surface area is 205 Å². The molecule has 0 saturated carbocycles. The molecule has 34 heavy (non-hydrogen) atoms. The first-order chi connectivity index (χ1) is 16.3. The molecule has 1 aliphatic heterocycles. The van der Waals surface area contributed by atoms with E-state index in [4.69, 9.17) is 0 Å². The van der Waals surface area contributed by atoms with Crippen LogP contribution in [-0.2, 0) is 24.3 Å². The van der Waals surface area contributed by atoms with Gasteiger partial charge in [0.1, 0.15) is 0 Å². The zero-order valence-corrected chi connectivity index (χ0v) is 21.0. The number of carbonyl (C=O) groups excluding carboxylic acids is 2. The number of hydrogen-bond acceptors (Lipinski definition) is 6. The molecule has 0 saturated heterocycles. The van der Waals surface area contributed by atoms with Crippen LogP contribution in [0.3, 0.4) is 0 Å². The molecule has 0 spiro atoms. The van der Waals surface area contributed by atoms with Crippen molar-refractivity contribution in [2.24, 2.45) is 0 Å². The number of nitrogens with zero attached hydrogens (tertiary/aromatic N) is 1. The lowest BCUT2D eigenvalue weighted by molar-refractivity contribution is -0.134. The third-order valence-corrected chi connectivity index (χ3v) is 8.37. The second kappa shape index (κ2) is 12.0. The summed E-state index contributed by atoms with van der Waals surface area (Å²) in [5.41, 5.74) is 0.946. The molecule has 0 N–H and O–H groups in total. The summed E-state index contributed by atoms with van der Waals surface area (Å²) in [7, 11) is -2.65. The monoisotopic (exact) mass is 499 g/mol. The van der Waals surface area contributed by atoms with Crippen molar-refractivity contribution in [1.82, 2.24) is 4.31 Å². The van der Waals surface area contributed by atoms with Crippen molar-refractivity contribution in [3.05, 3.63) is 83.3 Å². The van der Waals surface area contributed by atoms with Gasteiger partial charge in [0.25, 0.3) is 15.9 Å². The summed E-state index contributed by atoms with van der Waals surface area (Å²) < 4.78 is 32.5. The van der Waals surface area contributed by atoms with E-state index < -0.39 is 27.9 Å². The molecule has 0 aromatic heterocycles. The van der Waals surface area contributed by atoms with Gasteiger partial charge in [-0.05, 0) is 55.4 Å². The summed E-state index contributed by atoms with van der Waals surface area (Å²) in [6, 6.07) is 15.8. The number of methoxy groups -OCH3 is 1. The van der Waals surface area contributed by atoms with Crippen LogP contribution in [0.4, 0.5) is 0 Å². The Morgan fingerprint density at radius 2 is 1.82 bits per heavy atom. The number of carbonyl (C=O) groups is 2. The molecule has 1 aliphatic rings. The van der Waals surface area contributed by atoms with E-state index in [1.807, 2.05) is 37.3 Å². The van der Waals surface area contributed by atoms with Gasteiger partial charge in [-0.15, -0.1) is 0 Å². The van der Waals surface area contributed by atoms with E-state index in [1.54, 1.807) is 30.3 Å². The third-order valence-electron chi connectivity index (χ3n) is 5.45. The molecule has 6 nitrogen and oxygen atoms in total. The Kier molecular flexibility index (Phi) is 9.12. The molecule has 3 rings (SSSR count). The van der Waals surface area contributed by atoms with Crippen LogP contribution in [0.1, 0.15) is 37.7 Å². The number of aryl methyl sites for hydroxylation is 1. The van der Waals surface area contributed by atoms with Gasteiger partial charge in [-0.2, -0.15) is 0 Å². The van der Waals surface area contributed by atoms with Gasteiger partial charge in [0, 0.05) is 23.5 Å². The molecule has 0 aliphatic carbocycles. The number of thioether (sulfide) groups is 1. The van der Waals surface area contributed by atoms with Gasteiger partial charge in [0.2, 0.25) is 0 Å². The number of ether oxygens (including phenoxy) is 1. The number of hydrogen-bond donors (Lipinski definition) is 0. The fourth-order valence-electron chi connectivity index (χ4n) is 3.71. The molecule has 1 unspecified atom stereocenters. The Balaban J connectivity index is 1.79. The fourth-order valence-corrected chi connectivity index (χ4v) is 6.31. The number of allylic oxidation sites excluding steroid dienone is 1. The molecular formula is C26H29NO5S2. The Morgan fingerprint density at radius 1 is 1.12 bits per heavy atom. The predicted molar refractivity (Wildman–Crippen MR) is 134 cm³/mol. The summed E-state index contributed by atoms with van der Waals surface area (Å²) in [6.07, 6.45) is 7.73. The fraction of sp³-hybridized carbons (Fsp3) is 0.308. The largest absolute Gasteiger partial charge is 0.466 e. The Hall–Kier alpha value is -2.84. The molecular weight excluding hydrogens is 470 g/mol. The SMILES string of the molecule is COC(=O)/C=C/CCCCC1CC(Sc2ccccc2)=CC(=O)N1S(=O)(=O)c1ccc(C)cc1.